The Labute approximate surface area is 222 Å². The van der Waals surface area contributed by atoms with Gasteiger partial charge < -0.3 is 20.3 Å². The molecule has 7 nitrogen and oxygen atoms in total. The van der Waals surface area contributed by atoms with Gasteiger partial charge in [-0.15, -0.1) is 0 Å². The third-order valence-corrected chi connectivity index (χ3v) is 6.12. The van der Waals surface area contributed by atoms with Crippen LogP contribution < -0.4 is 10.6 Å². The minimum Gasteiger partial charge on any atom is -0.444 e. The molecule has 0 aliphatic heterocycles. The predicted octanol–water partition coefficient (Wildman–Crippen LogP) is 6.16. The van der Waals surface area contributed by atoms with E-state index in [1.165, 1.54) is 0 Å². The zero-order valence-electron chi connectivity index (χ0n) is 23.6. The van der Waals surface area contributed by atoms with Crippen LogP contribution in [0.5, 0.6) is 0 Å². The van der Waals surface area contributed by atoms with E-state index >= 15 is 0 Å². The smallest absolute Gasteiger partial charge is 0.408 e. The van der Waals surface area contributed by atoms with E-state index in [9.17, 15) is 14.4 Å². The lowest BCUT2D eigenvalue weighted by Gasteiger charge is -2.37. The number of rotatable bonds is 10. The van der Waals surface area contributed by atoms with Crippen molar-refractivity contribution < 1.29 is 19.1 Å². The van der Waals surface area contributed by atoms with Gasteiger partial charge in [0.1, 0.15) is 18.2 Å². The maximum Gasteiger partial charge on any atom is 0.408 e. The van der Waals surface area contributed by atoms with Gasteiger partial charge in [-0.2, -0.15) is 0 Å². The molecule has 2 N–H and O–H groups in total. The molecule has 2 unspecified atom stereocenters. The first-order valence-corrected chi connectivity index (χ1v) is 13.0. The molecule has 0 aliphatic rings. The second kappa shape index (κ2) is 13.3. The first-order valence-electron chi connectivity index (χ1n) is 13.0. The molecule has 0 fully saturated rings. The summed E-state index contributed by atoms with van der Waals surface area (Å²) in [5.41, 5.74) is 2.59. The van der Waals surface area contributed by atoms with Crippen LogP contribution in [0.4, 0.5) is 10.5 Å². The van der Waals surface area contributed by atoms with Gasteiger partial charge in [-0.1, -0.05) is 56.3 Å². The maximum atomic E-state index is 13.9. The van der Waals surface area contributed by atoms with Gasteiger partial charge in [0.25, 0.3) is 5.91 Å². The zero-order chi connectivity index (χ0) is 27.8. The van der Waals surface area contributed by atoms with Crippen LogP contribution in [0.15, 0.2) is 48.5 Å². The number of para-hydroxylation sites is 1. The number of hydrogen-bond acceptors (Lipinski definition) is 4. The summed E-state index contributed by atoms with van der Waals surface area (Å²) in [5, 5.41) is 5.62. The number of ether oxygens (including phenoxy) is 1. The molecule has 0 saturated heterocycles. The highest BCUT2D eigenvalue weighted by molar-refractivity contribution is 5.99. The third kappa shape index (κ3) is 9.23. The highest BCUT2D eigenvalue weighted by atomic mass is 16.6. The minimum absolute atomic E-state index is 0.248. The second-order valence-electron chi connectivity index (χ2n) is 11.0. The molecule has 0 saturated carbocycles. The van der Waals surface area contributed by atoms with Crippen molar-refractivity contribution >= 4 is 23.6 Å². The molecule has 0 aliphatic carbocycles. The Morgan fingerprint density at radius 1 is 0.892 bits per heavy atom. The summed E-state index contributed by atoms with van der Waals surface area (Å²) in [5.74, 6) is -0.210. The first-order chi connectivity index (χ1) is 17.3. The Balaban J connectivity index is 2.47. The van der Waals surface area contributed by atoms with Crippen molar-refractivity contribution in [3.05, 3.63) is 65.2 Å². The molecule has 0 spiro atoms. The highest BCUT2D eigenvalue weighted by Gasteiger charge is 2.36. The Hall–Kier alpha value is -3.35. The summed E-state index contributed by atoms with van der Waals surface area (Å²) < 4.78 is 5.31. The van der Waals surface area contributed by atoms with E-state index < -0.39 is 17.7 Å². The Morgan fingerprint density at radius 3 is 2.05 bits per heavy atom. The fourth-order valence-electron chi connectivity index (χ4n) is 4.14. The van der Waals surface area contributed by atoms with Crippen molar-refractivity contribution in [3.8, 4) is 0 Å². The number of benzene rings is 2. The Morgan fingerprint density at radius 2 is 1.49 bits per heavy atom. The van der Waals surface area contributed by atoms with Crippen molar-refractivity contribution in [2.75, 3.05) is 11.9 Å². The van der Waals surface area contributed by atoms with Crippen molar-refractivity contribution in [1.29, 1.82) is 0 Å². The Bertz CT molecular complexity index is 1070. The molecule has 37 heavy (non-hydrogen) atoms. The van der Waals surface area contributed by atoms with Crippen molar-refractivity contribution in [1.82, 2.24) is 10.2 Å². The fourth-order valence-corrected chi connectivity index (χ4v) is 4.14. The molecule has 0 bridgehead atoms. The van der Waals surface area contributed by atoms with Gasteiger partial charge in [-0.05, 0) is 83.1 Å². The van der Waals surface area contributed by atoms with E-state index in [0.717, 1.165) is 29.5 Å². The normalized spacial score (nSPS) is 13.0. The number of carbonyl (C=O) groups excluding carboxylic acids is 3. The third-order valence-electron chi connectivity index (χ3n) is 6.12. The predicted molar refractivity (Wildman–Crippen MR) is 148 cm³/mol. The largest absolute Gasteiger partial charge is 0.444 e. The molecule has 0 heterocycles. The van der Waals surface area contributed by atoms with Crippen molar-refractivity contribution in [3.63, 3.8) is 0 Å². The first kappa shape index (κ1) is 29.9. The summed E-state index contributed by atoms with van der Waals surface area (Å²) in [4.78, 5) is 41.6. The van der Waals surface area contributed by atoms with Crippen LogP contribution in [0.1, 0.15) is 77.1 Å². The number of carbonyl (C=O) groups is 3. The lowest BCUT2D eigenvalue weighted by Crippen LogP contribution is -2.50. The molecule has 3 amide bonds. The SMILES string of the molecule is Cc1ccccc1NC(=O)C(c1ccccc1C)N(C(=O)CNC(=O)OC(C)(C)C)C(C)CCC(C)C. The number of amides is 3. The number of hydrogen-bond donors (Lipinski definition) is 2. The molecule has 2 aromatic carbocycles. The highest BCUT2D eigenvalue weighted by Crippen LogP contribution is 2.30. The molecule has 202 valence electrons. The number of nitrogens with one attached hydrogen (secondary N) is 2. The quantitative estimate of drug-likeness (QED) is 0.401. The molecule has 2 aromatic rings. The van der Waals surface area contributed by atoms with Crippen molar-refractivity contribution in [2.24, 2.45) is 5.92 Å². The molecule has 2 atom stereocenters. The number of anilines is 1. The summed E-state index contributed by atoms with van der Waals surface area (Å²) in [7, 11) is 0. The van der Waals surface area contributed by atoms with Gasteiger partial charge in [-0.25, -0.2) is 4.79 Å². The fraction of sp³-hybridized carbons (Fsp3) is 0.500. The van der Waals surface area contributed by atoms with Gasteiger partial charge in [0.15, 0.2) is 0 Å². The lowest BCUT2D eigenvalue weighted by atomic mass is 9.95. The van der Waals surface area contributed by atoms with Crippen LogP contribution in [-0.2, 0) is 14.3 Å². The van der Waals surface area contributed by atoms with Crippen LogP contribution in [-0.4, -0.2) is 41.0 Å². The van der Waals surface area contributed by atoms with Crippen LogP contribution in [0, 0.1) is 19.8 Å². The van der Waals surface area contributed by atoms with E-state index in [1.54, 1.807) is 25.7 Å². The molecular formula is C30H43N3O4. The average Bonchev–Trinajstić information content (AvgIpc) is 2.80. The topological polar surface area (TPSA) is 87.7 Å². The number of alkyl carbamates (subject to hydrolysis) is 1. The van der Waals surface area contributed by atoms with E-state index in [1.807, 2.05) is 69.3 Å². The summed E-state index contributed by atoms with van der Waals surface area (Å²) in [6.07, 6.45) is 0.938. The van der Waals surface area contributed by atoms with E-state index in [2.05, 4.69) is 24.5 Å². The summed E-state index contributed by atoms with van der Waals surface area (Å²) >= 11 is 0. The van der Waals surface area contributed by atoms with Gasteiger partial charge in [0.2, 0.25) is 5.91 Å². The van der Waals surface area contributed by atoms with E-state index in [4.69, 9.17) is 4.74 Å². The van der Waals surface area contributed by atoms with Gasteiger partial charge in [-0.3, -0.25) is 9.59 Å². The lowest BCUT2D eigenvalue weighted by molar-refractivity contribution is -0.141. The van der Waals surface area contributed by atoms with Crippen LogP contribution in [0.2, 0.25) is 0 Å². The second-order valence-corrected chi connectivity index (χ2v) is 11.0. The van der Waals surface area contributed by atoms with Gasteiger partial charge in [0, 0.05) is 11.7 Å². The molecule has 0 radical (unpaired) electrons. The summed E-state index contributed by atoms with van der Waals surface area (Å²) in [6, 6.07) is 14.0. The van der Waals surface area contributed by atoms with Crippen LogP contribution in [0.3, 0.4) is 0 Å². The van der Waals surface area contributed by atoms with Gasteiger partial charge >= 0.3 is 6.09 Å². The van der Waals surface area contributed by atoms with Crippen LogP contribution in [0.25, 0.3) is 0 Å². The maximum absolute atomic E-state index is 13.9. The summed E-state index contributed by atoms with van der Waals surface area (Å²) in [6.45, 7) is 15.1. The van der Waals surface area contributed by atoms with Crippen molar-refractivity contribution in [2.45, 2.75) is 85.9 Å². The Kier molecular flexibility index (Phi) is 10.7. The monoisotopic (exact) mass is 509 g/mol. The van der Waals surface area contributed by atoms with Crippen LogP contribution >= 0.6 is 0 Å². The van der Waals surface area contributed by atoms with E-state index in [-0.39, 0.29) is 24.4 Å². The molecular weight excluding hydrogens is 466 g/mol. The number of aryl methyl sites for hydroxylation is 2. The minimum atomic E-state index is -0.879. The zero-order valence-corrected chi connectivity index (χ0v) is 23.6. The van der Waals surface area contributed by atoms with Gasteiger partial charge in [0.05, 0.1) is 0 Å². The molecule has 2 rings (SSSR count). The molecule has 7 heteroatoms. The standard InChI is InChI=1S/C30H43N3O4/c1-20(2)17-18-23(5)33(26(34)19-31-29(36)37-30(6,7)8)27(24-15-11-9-13-21(24)3)28(35)32-25-16-12-10-14-22(25)4/h9-16,20,23,27H,17-19H2,1-8H3,(H,31,36)(H,32,35). The average molecular weight is 510 g/mol. The van der Waals surface area contributed by atoms with E-state index in [0.29, 0.717) is 11.6 Å². The number of nitrogens with zero attached hydrogens (tertiary/aromatic N) is 1. The molecule has 0 aromatic heterocycles.